The predicted molar refractivity (Wildman–Crippen MR) is 115 cm³/mol. The molecule has 2 aromatic carbocycles. The standard InChI is InChI=1S/C22H28N2O5S/c1-23(2)20-9-6-18(7-10-20)8-11-22(25)29-17-19-4-3-5-21(16-19)30(26,27)24-12-14-28-15-13-24/h3-7,9-10,16H,8,11-15,17H2,1-2H3. The summed E-state index contributed by atoms with van der Waals surface area (Å²) in [5, 5.41) is 0. The first-order valence-corrected chi connectivity index (χ1v) is 11.4. The Morgan fingerprint density at radius 1 is 1.07 bits per heavy atom. The molecule has 0 atom stereocenters. The van der Waals surface area contributed by atoms with E-state index in [4.69, 9.17) is 9.47 Å². The van der Waals surface area contributed by atoms with E-state index in [-0.39, 0.29) is 23.9 Å². The number of sulfonamides is 1. The first-order chi connectivity index (χ1) is 14.4. The average molecular weight is 433 g/mol. The second-order valence-electron chi connectivity index (χ2n) is 7.39. The zero-order valence-corrected chi connectivity index (χ0v) is 18.2. The van der Waals surface area contributed by atoms with Crippen molar-refractivity contribution >= 4 is 21.7 Å². The highest BCUT2D eigenvalue weighted by Crippen LogP contribution is 2.19. The van der Waals surface area contributed by atoms with Gasteiger partial charge in [-0.15, -0.1) is 0 Å². The fraction of sp³-hybridized carbons (Fsp3) is 0.409. The molecule has 2 aromatic rings. The lowest BCUT2D eigenvalue weighted by molar-refractivity contribution is -0.144. The van der Waals surface area contributed by atoms with Crippen LogP contribution >= 0.6 is 0 Å². The number of hydrogen-bond acceptors (Lipinski definition) is 6. The average Bonchev–Trinajstić information content (AvgIpc) is 2.77. The number of nitrogens with zero attached hydrogens (tertiary/aromatic N) is 2. The fourth-order valence-electron chi connectivity index (χ4n) is 3.17. The Bertz CT molecular complexity index is 952. The molecule has 1 fully saturated rings. The first kappa shape index (κ1) is 22.3. The van der Waals surface area contributed by atoms with E-state index in [0.717, 1.165) is 11.3 Å². The number of carbonyl (C=O) groups is 1. The van der Waals surface area contributed by atoms with Gasteiger partial charge in [-0.25, -0.2) is 8.42 Å². The zero-order valence-electron chi connectivity index (χ0n) is 17.4. The van der Waals surface area contributed by atoms with Gasteiger partial charge >= 0.3 is 5.97 Å². The summed E-state index contributed by atoms with van der Waals surface area (Å²) in [4.78, 5) is 14.3. The number of benzene rings is 2. The van der Waals surface area contributed by atoms with Gasteiger partial charge in [0.1, 0.15) is 6.61 Å². The predicted octanol–water partition coefficient (Wildman–Crippen LogP) is 2.45. The third kappa shape index (κ3) is 5.81. The maximum atomic E-state index is 12.8. The van der Waals surface area contributed by atoms with E-state index >= 15 is 0 Å². The quantitative estimate of drug-likeness (QED) is 0.597. The normalized spacial score (nSPS) is 15.0. The van der Waals surface area contributed by atoms with Gasteiger partial charge in [0.15, 0.2) is 0 Å². The van der Waals surface area contributed by atoms with Crippen LogP contribution in [0.5, 0.6) is 0 Å². The van der Waals surface area contributed by atoms with E-state index in [1.807, 2.05) is 43.3 Å². The summed E-state index contributed by atoms with van der Waals surface area (Å²) in [7, 11) is 0.390. The number of ether oxygens (including phenoxy) is 2. The molecule has 0 saturated carbocycles. The molecule has 0 bridgehead atoms. The van der Waals surface area contributed by atoms with E-state index in [2.05, 4.69) is 0 Å². The highest BCUT2D eigenvalue weighted by atomic mass is 32.2. The molecule has 0 aromatic heterocycles. The van der Waals surface area contributed by atoms with Gasteiger partial charge in [0.2, 0.25) is 10.0 Å². The van der Waals surface area contributed by atoms with Gasteiger partial charge in [-0.2, -0.15) is 4.31 Å². The van der Waals surface area contributed by atoms with Crippen LogP contribution < -0.4 is 4.90 Å². The minimum atomic E-state index is -3.57. The van der Waals surface area contributed by atoms with Crippen LogP contribution in [-0.2, 0) is 37.3 Å². The van der Waals surface area contributed by atoms with Crippen LogP contribution in [0.2, 0.25) is 0 Å². The SMILES string of the molecule is CN(C)c1ccc(CCC(=O)OCc2cccc(S(=O)(=O)N3CCOCC3)c2)cc1. The van der Waals surface area contributed by atoms with E-state index in [1.165, 1.54) is 4.31 Å². The van der Waals surface area contributed by atoms with Crippen LogP contribution in [0.15, 0.2) is 53.4 Å². The van der Waals surface area contributed by atoms with Crippen molar-refractivity contribution in [1.82, 2.24) is 4.31 Å². The minimum Gasteiger partial charge on any atom is -0.461 e. The van der Waals surface area contributed by atoms with E-state index in [1.54, 1.807) is 24.3 Å². The molecular formula is C22H28N2O5S. The lowest BCUT2D eigenvalue weighted by Crippen LogP contribution is -2.40. The summed E-state index contributed by atoms with van der Waals surface area (Å²) < 4.78 is 37.5. The highest BCUT2D eigenvalue weighted by molar-refractivity contribution is 7.89. The van der Waals surface area contributed by atoms with E-state index in [0.29, 0.717) is 38.3 Å². The van der Waals surface area contributed by atoms with Gasteiger partial charge in [-0.3, -0.25) is 4.79 Å². The number of morpholine rings is 1. The van der Waals surface area contributed by atoms with Crippen LogP contribution in [0.1, 0.15) is 17.5 Å². The van der Waals surface area contributed by atoms with Crippen LogP contribution in [-0.4, -0.2) is 59.1 Å². The van der Waals surface area contributed by atoms with Gasteiger partial charge in [-0.05, 0) is 41.8 Å². The van der Waals surface area contributed by atoms with Crippen LogP contribution in [0.4, 0.5) is 5.69 Å². The van der Waals surface area contributed by atoms with Crippen molar-refractivity contribution < 1.29 is 22.7 Å². The smallest absolute Gasteiger partial charge is 0.306 e. The van der Waals surface area contributed by atoms with Gasteiger partial charge < -0.3 is 14.4 Å². The van der Waals surface area contributed by atoms with Gasteiger partial charge in [-0.1, -0.05) is 24.3 Å². The van der Waals surface area contributed by atoms with Crippen LogP contribution in [0.25, 0.3) is 0 Å². The molecule has 7 nitrogen and oxygen atoms in total. The second kappa shape index (κ2) is 10.1. The third-order valence-corrected chi connectivity index (χ3v) is 6.87. The minimum absolute atomic E-state index is 0.0465. The molecule has 1 heterocycles. The van der Waals surface area contributed by atoms with Crippen molar-refractivity contribution in [2.45, 2.75) is 24.3 Å². The molecule has 0 spiro atoms. The Kier molecular flexibility index (Phi) is 7.47. The number of rotatable bonds is 8. The molecule has 1 saturated heterocycles. The van der Waals surface area contributed by atoms with E-state index in [9.17, 15) is 13.2 Å². The zero-order chi connectivity index (χ0) is 21.6. The maximum absolute atomic E-state index is 12.8. The topological polar surface area (TPSA) is 76.2 Å². The van der Waals surface area contributed by atoms with Crippen molar-refractivity contribution in [3.63, 3.8) is 0 Å². The number of carbonyl (C=O) groups excluding carboxylic acids is 1. The summed E-state index contributed by atoms with van der Waals surface area (Å²) in [5.41, 5.74) is 2.82. The lowest BCUT2D eigenvalue weighted by Gasteiger charge is -2.26. The van der Waals surface area contributed by atoms with Crippen molar-refractivity contribution in [1.29, 1.82) is 0 Å². The fourth-order valence-corrected chi connectivity index (χ4v) is 4.65. The summed E-state index contributed by atoms with van der Waals surface area (Å²) in [5.74, 6) is -0.312. The van der Waals surface area contributed by atoms with Crippen molar-refractivity contribution in [2.24, 2.45) is 0 Å². The van der Waals surface area contributed by atoms with Crippen molar-refractivity contribution in [3.8, 4) is 0 Å². The summed E-state index contributed by atoms with van der Waals surface area (Å²) >= 11 is 0. The Balaban J connectivity index is 1.53. The number of anilines is 1. The van der Waals surface area contributed by atoms with Gasteiger partial charge in [0.05, 0.1) is 18.1 Å². The molecule has 162 valence electrons. The number of hydrogen-bond donors (Lipinski definition) is 0. The molecule has 1 aliphatic rings. The van der Waals surface area contributed by atoms with Gasteiger partial charge in [0.25, 0.3) is 0 Å². The maximum Gasteiger partial charge on any atom is 0.306 e. The molecule has 0 N–H and O–H groups in total. The first-order valence-electron chi connectivity index (χ1n) is 9.95. The molecule has 3 rings (SSSR count). The van der Waals surface area contributed by atoms with E-state index < -0.39 is 10.0 Å². The molecule has 30 heavy (non-hydrogen) atoms. The molecule has 0 unspecified atom stereocenters. The highest BCUT2D eigenvalue weighted by Gasteiger charge is 2.26. The lowest BCUT2D eigenvalue weighted by atomic mass is 10.1. The third-order valence-electron chi connectivity index (χ3n) is 4.98. The van der Waals surface area contributed by atoms with Crippen molar-refractivity contribution in [2.75, 3.05) is 45.3 Å². The van der Waals surface area contributed by atoms with Gasteiger partial charge in [0, 0.05) is 39.3 Å². The molecule has 0 amide bonds. The van der Waals surface area contributed by atoms with Crippen molar-refractivity contribution in [3.05, 3.63) is 59.7 Å². The molecular weight excluding hydrogens is 404 g/mol. The van der Waals surface area contributed by atoms with Crippen LogP contribution in [0, 0.1) is 0 Å². The summed E-state index contributed by atoms with van der Waals surface area (Å²) in [6.07, 6.45) is 0.866. The largest absolute Gasteiger partial charge is 0.461 e. The van der Waals surface area contributed by atoms with Crippen LogP contribution in [0.3, 0.4) is 0 Å². The summed E-state index contributed by atoms with van der Waals surface area (Å²) in [6.45, 7) is 1.53. The number of esters is 1. The number of aryl methyl sites for hydroxylation is 1. The Hall–Kier alpha value is -2.42. The molecule has 0 radical (unpaired) electrons. The second-order valence-corrected chi connectivity index (χ2v) is 9.32. The summed E-state index contributed by atoms with van der Waals surface area (Å²) in [6, 6.07) is 14.6. The molecule has 8 heteroatoms. The Labute approximate surface area is 178 Å². The molecule has 0 aliphatic carbocycles. The monoisotopic (exact) mass is 432 g/mol. The Morgan fingerprint density at radius 3 is 2.43 bits per heavy atom. The Morgan fingerprint density at radius 2 is 1.77 bits per heavy atom. The molecule has 1 aliphatic heterocycles.